The zero-order chi connectivity index (χ0) is 22.9. The number of nitrogens with two attached hydrogens (primary N) is 3. The van der Waals surface area contributed by atoms with E-state index < -0.39 is 10.0 Å². The summed E-state index contributed by atoms with van der Waals surface area (Å²) in [4.78, 5) is -0.0376. The molecule has 0 heterocycles. The van der Waals surface area contributed by atoms with Gasteiger partial charge < -0.3 is 21.5 Å². The summed E-state index contributed by atoms with van der Waals surface area (Å²) in [7, 11) is -4.02. The number of primary sulfonamides is 1. The molecule has 0 aliphatic carbocycles. The van der Waals surface area contributed by atoms with Gasteiger partial charge in [0.05, 0.1) is 5.69 Å². The molecule has 0 saturated carbocycles. The van der Waals surface area contributed by atoms with Gasteiger partial charge in [-0.25, -0.2) is 13.6 Å². The molecule has 0 aliphatic heterocycles. The summed E-state index contributed by atoms with van der Waals surface area (Å²) in [6.45, 7) is 5.35. The molecule has 2 unspecified atom stereocenters. The quantitative estimate of drug-likeness (QED) is 0.346. The van der Waals surface area contributed by atoms with Gasteiger partial charge in [0, 0.05) is 12.6 Å². The third-order valence-corrected chi connectivity index (χ3v) is 6.26. The monoisotopic (exact) mass is 448 g/mol. The molecule has 7 nitrogen and oxygen atoms in total. The second-order valence-electron chi connectivity index (χ2n) is 7.82. The molecule has 2 atom stereocenters. The van der Waals surface area contributed by atoms with Crippen LogP contribution in [0.5, 0.6) is 11.5 Å². The normalized spacial score (nSPS) is 13.6. The van der Waals surface area contributed by atoms with Crippen molar-refractivity contribution in [3.63, 3.8) is 0 Å². The highest BCUT2D eigenvalue weighted by Gasteiger charge is 2.24. The number of hydrogen-bond donors (Lipinski definition) is 4. The Morgan fingerprint density at radius 3 is 2.42 bits per heavy atom. The van der Waals surface area contributed by atoms with Gasteiger partial charge >= 0.3 is 0 Å². The van der Waals surface area contributed by atoms with Crippen LogP contribution in [-0.2, 0) is 16.4 Å². The molecule has 0 aliphatic rings. The Labute approximate surface area is 186 Å². The SMILES string of the molecule is CCCCNc1cc(CC(CCN)C(N)CC)cc(S(N)(=O)=O)c1Oc1ccccc1. The van der Waals surface area contributed by atoms with Gasteiger partial charge in [0.2, 0.25) is 10.0 Å². The highest BCUT2D eigenvalue weighted by Crippen LogP contribution is 2.38. The lowest BCUT2D eigenvalue weighted by Gasteiger charge is -2.24. The number of sulfonamides is 1. The Bertz CT molecular complexity index is 920. The first-order chi connectivity index (χ1) is 14.8. The molecule has 2 aromatic rings. The Hall–Kier alpha value is -2.13. The summed E-state index contributed by atoms with van der Waals surface area (Å²) in [5, 5.41) is 8.93. The van der Waals surface area contributed by atoms with Crippen LogP contribution in [-0.4, -0.2) is 27.5 Å². The predicted octanol–water partition coefficient (Wildman–Crippen LogP) is 3.58. The number of anilines is 1. The molecule has 0 fully saturated rings. The summed E-state index contributed by atoms with van der Waals surface area (Å²) in [6, 6.07) is 12.6. The van der Waals surface area contributed by atoms with Crippen molar-refractivity contribution in [2.24, 2.45) is 22.5 Å². The van der Waals surface area contributed by atoms with Crippen LogP contribution in [0.25, 0.3) is 0 Å². The van der Waals surface area contributed by atoms with Crippen molar-refractivity contribution in [2.75, 3.05) is 18.4 Å². The molecule has 31 heavy (non-hydrogen) atoms. The van der Waals surface area contributed by atoms with Gasteiger partial charge in [-0.05, 0) is 68.0 Å². The standard InChI is InChI=1S/C23H36N4O3S/c1-3-5-13-27-21-15-17(14-18(11-12-24)20(25)4-2)16-22(31(26,28)29)23(21)30-19-9-7-6-8-10-19/h6-10,15-16,18,20,27H,3-5,11-14,24-25H2,1-2H3,(H2,26,28,29). The zero-order valence-corrected chi connectivity index (χ0v) is 19.3. The first kappa shape index (κ1) is 25.1. The maximum Gasteiger partial charge on any atom is 0.241 e. The van der Waals surface area contributed by atoms with Gasteiger partial charge in [0.25, 0.3) is 0 Å². The van der Waals surface area contributed by atoms with Crippen LogP contribution >= 0.6 is 0 Å². The van der Waals surface area contributed by atoms with Crippen molar-refractivity contribution >= 4 is 15.7 Å². The van der Waals surface area contributed by atoms with Crippen molar-refractivity contribution in [1.29, 1.82) is 0 Å². The number of nitrogens with one attached hydrogen (secondary N) is 1. The molecular formula is C23H36N4O3S. The van der Waals surface area contributed by atoms with E-state index in [1.54, 1.807) is 18.2 Å². The van der Waals surface area contributed by atoms with E-state index in [9.17, 15) is 8.42 Å². The molecule has 8 heteroatoms. The van der Waals surface area contributed by atoms with Crippen molar-refractivity contribution < 1.29 is 13.2 Å². The van der Waals surface area contributed by atoms with Gasteiger partial charge in [-0.1, -0.05) is 38.5 Å². The maximum absolute atomic E-state index is 12.5. The lowest BCUT2D eigenvalue weighted by molar-refractivity contribution is 0.386. The number of ether oxygens (including phenoxy) is 1. The summed E-state index contributed by atoms with van der Waals surface area (Å²) in [5.41, 5.74) is 13.5. The summed E-state index contributed by atoms with van der Waals surface area (Å²) < 4.78 is 31.0. The average molecular weight is 449 g/mol. The van der Waals surface area contributed by atoms with Gasteiger partial charge in [0.15, 0.2) is 5.75 Å². The van der Waals surface area contributed by atoms with Gasteiger partial charge in [-0.15, -0.1) is 0 Å². The van der Waals surface area contributed by atoms with E-state index in [4.69, 9.17) is 21.3 Å². The zero-order valence-electron chi connectivity index (χ0n) is 18.5. The highest BCUT2D eigenvalue weighted by atomic mass is 32.2. The van der Waals surface area contributed by atoms with Crippen LogP contribution in [0.1, 0.15) is 45.1 Å². The fourth-order valence-electron chi connectivity index (χ4n) is 3.55. The van der Waals surface area contributed by atoms with Crippen LogP contribution in [0.4, 0.5) is 5.69 Å². The molecule has 0 aromatic heterocycles. The number of hydrogen-bond acceptors (Lipinski definition) is 6. The first-order valence-electron chi connectivity index (χ1n) is 10.9. The summed E-state index contributed by atoms with van der Waals surface area (Å²) in [6.07, 6.45) is 4.15. The molecule has 7 N–H and O–H groups in total. The van der Waals surface area contributed by atoms with E-state index in [-0.39, 0.29) is 22.6 Å². The lowest BCUT2D eigenvalue weighted by atomic mass is 9.88. The molecule has 2 aromatic carbocycles. The fourth-order valence-corrected chi connectivity index (χ4v) is 4.27. The van der Waals surface area contributed by atoms with Crippen LogP contribution < -0.4 is 26.7 Å². The lowest BCUT2D eigenvalue weighted by Crippen LogP contribution is -2.32. The second kappa shape index (κ2) is 12.0. The molecule has 172 valence electrons. The summed E-state index contributed by atoms with van der Waals surface area (Å²) in [5.74, 6) is 0.893. The van der Waals surface area contributed by atoms with Crippen molar-refractivity contribution in [3.05, 3.63) is 48.0 Å². The van der Waals surface area contributed by atoms with Crippen molar-refractivity contribution in [2.45, 2.75) is 56.9 Å². The van der Waals surface area contributed by atoms with E-state index in [0.717, 1.165) is 31.2 Å². The molecular weight excluding hydrogens is 412 g/mol. The van der Waals surface area contributed by atoms with Crippen molar-refractivity contribution in [1.82, 2.24) is 0 Å². The highest BCUT2D eigenvalue weighted by molar-refractivity contribution is 7.89. The average Bonchev–Trinajstić information content (AvgIpc) is 2.74. The fraction of sp³-hybridized carbons (Fsp3) is 0.478. The number of rotatable bonds is 13. The summed E-state index contributed by atoms with van der Waals surface area (Å²) >= 11 is 0. The maximum atomic E-state index is 12.5. The molecule has 0 bridgehead atoms. The Morgan fingerprint density at radius 2 is 1.84 bits per heavy atom. The van der Waals surface area contributed by atoms with Crippen molar-refractivity contribution in [3.8, 4) is 11.5 Å². The topological polar surface area (TPSA) is 133 Å². The minimum atomic E-state index is -4.02. The molecule has 0 spiro atoms. The van der Waals surface area contributed by atoms with E-state index in [1.165, 1.54) is 0 Å². The largest absolute Gasteiger partial charge is 0.454 e. The van der Waals surface area contributed by atoms with Gasteiger partial charge in [0.1, 0.15) is 10.6 Å². The molecule has 0 saturated heterocycles. The van der Waals surface area contributed by atoms with E-state index in [1.807, 2.05) is 31.2 Å². The Morgan fingerprint density at radius 1 is 1.13 bits per heavy atom. The first-order valence-corrected chi connectivity index (χ1v) is 12.5. The van der Waals surface area contributed by atoms with Crippen LogP contribution in [0, 0.1) is 5.92 Å². The predicted molar refractivity (Wildman–Crippen MR) is 127 cm³/mol. The Kier molecular flexibility index (Phi) is 9.77. The van der Waals surface area contributed by atoms with Crippen LogP contribution in [0.15, 0.2) is 47.4 Å². The second-order valence-corrected chi connectivity index (χ2v) is 9.35. The van der Waals surface area contributed by atoms with E-state index in [2.05, 4.69) is 12.2 Å². The molecule has 2 rings (SSSR count). The minimum Gasteiger partial charge on any atom is -0.454 e. The Balaban J connectivity index is 2.54. The van der Waals surface area contributed by atoms with Gasteiger partial charge in [-0.3, -0.25) is 0 Å². The van der Waals surface area contributed by atoms with Crippen LogP contribution in [0.2, 0.25) is 0 Å². The van der Waals surface area contributed by atoms with Crippen LogP contribution in [0.3, 0.4) is 0 Å². The number of unbranched alkanes of at least 4 members (excludes halogenated alkanes) is 1. The molecule has 0 radical (unpaired) electrons. The smallest absolute Gasteiger partial charge is 0.241 e. The van der Waals surface area contributed by atoms with E-state index in [0.29, 0.717) is 30.9 Å². The third kappa shape index (κ3) is 7.50. The number of para-hydroxylation sites is 1. The van der Waals surface area contributed by atoms with E-state index >= 15 is 0 Å². The third-order valence-electron chi connectivity index (χ3n) is 5.34. The molecule has 0 amide bonds. The van der Waals surface area contributed by atoms with Gasteiger partial charge in [-0.2, -0.15) is 0 Å². The number of benzene rings is 2. The minimum absolute atomic E-state index is 0.0155.